The molecule has 0 bridgehead atoms. The van der Waals surface area contributed by atoms with Gasteiger partial charge in [-0.3, -0.25) is 4.79 Å². The lowest BCUT2D eigenvalue weighted by atomic mass is 10.1. The van der Waals surface area contributed by atoms with Gasteiger partial charge in [-0.1, -0.05) is 40.9 Å². The second kappa shape index (κ2) is 9.27. The van der Waals surface area contributed by atoms with Crippen LogP contribution in [0.15, 0.2) is 35.9 Å². The lowest BCUT2D eigenvalue weighted by molar-refractivity contribution is -0.139. The third-order valence-electron chi connectivity index (χ3n) is 3.67. The van der Waals surface area contributed by atoms with Crippen molar-refractivity contribution in [2.24, 2.45) is 0 Å². The van der Waals surface area contributed by atoms with Crippen molar-refractivity contribution in [3.8, 4) is 11.8 Å². The Kier molecular flexibility index (Phi) is 7.05. The van der Waals surface area contributed by atoms with Gasteiger partial charge in [0.15, 0.2) is 12.4 Å². The lowest BCUT2D eigenvalue weighted by Gasteiger charge is -2.10. The van der Waals surface area contributed by atoms with Crippen LogP contribution in [0.5, 0.6) is 5.75 Å². The van der Waals surface area contributed by atoms with E-state index in [2.05, 4.69) is 5.32 Å². The zero-order valence-electron chi connectivity index (χ0n) is 15.0. The smallest absolute Gasteiger partial charge is 0.341 e. The molecule has 0 saturated heterocycles. The molecule has 0 aliphatic rings. The summed E-state index contributed by atoms with van der Waals surface area (Å²) in [5.41, 5.74) is 2.78. The number of benzene rings is 2. The molecule has 0 aromatic heterocycles. The van der Waals surface area contributed by atoms with Gasteiger partial charge in [-0.2, -0.15) is 5.26 Å². The van der Waals surface area contributed by atoms with Gasteiger partial charge in [0.25, 0.3) is 5.91 Å². The van der Waals surface area contributed by atoms with Gasteiger partial charge in [0.05, 0.1) is 10.0 Å². The van der Waals surface area contributed by atoms with Gasteiger partial charge in [-0.25, -0.2) is 4.79 Å². The van der Waals surface area contributed by atoms with Crippen molar-refractivity contribution in [1.82, 2.24) is 0 Å². The summed E-state index contributed by atoms with van der Waals surface area (Å²) < 4.78 is 5.04. The number of nitrogens with zero attached hydrogens (tertiary/aromatic N) is 1. The maximum Gasteiger partial charge on any atom is 0.341 e. The summed E-state index contributed by atoms with van der Waals surface area (Å²) in [6.07, 6.45) is 1.33. The van der Waals surface area contributed by atoms with E-state index in [0.717, 1.165) is 11.1 Å². The van der Waals surface area contributed by atoms with Crippen LogP contribution in [0.25, 0.3) is 6.08 Å². The fourth-order valence-electron chi connectivity index (χ4n) is 2.39. The number of hydrogen-bond acceptors (Lipinski definition) is 4. The topological polar surface area (TPSA) is 99.4 Å². The number of hydrogen-bond donors (Lipinski definition) is 2. The van der Waals surface area contributed by atoms with E-state index in [1.54, 1.807) is 6.07 Å². The molecule has 2 aromatic carbocycles. The molecular formula is C20H16Cl2N2O4. The van der Waals surface area contributed by atoms with Crippen LogP contribution in [0.3, 0.4) is 0 Å². The van der Waals surface area contributed by atoms with Crippen LogP contribution in [0.4, 0.5) is 5.69 Å². The highest BCUT2D eigenvalue weighted by Crippen LogP contribution is 2.35. The predicted octanol–water partition coefficient (Wildman–Crippen LogP) is 4.62. The number of carboxylic acid groups (broad SMARTS) is 1. The first-order valence-corrected chi connectivity index (χ1v) is 8.81. The van der Waals surface area contributed by atoms with E-state index >= 15 is 0 Å². The number of rotatable bonds is 6. The summed E-state index contributed by atoms with van der Waals surface area (Å²) in [4.78, 5) is 23.1. The Morgan fingerprint density at radius 2 is 1.86 bits per heavy atom. The molecule has 8 heteroatoms. The zero-order valence-corrected chi connectivity index (χ0v) is 16.6. The Balaban J connectivity index is 2.27. The minimum absolute atomic E-state index is 0.0149. The Bertz CT molecular complexity index is 987. The van der Waals surface area contributed by atoms with Crippen LogP contribution >= 0.6 is 23.2 Å². The third kappa shape index (κ3) is 5.49. The van der Waals surface area contributed by atoms with Crippen molar-refractivity contribution in [2.45, 2.75) is 13.8 Å². The average Bonchev–Trinajstić information content (AvgIpc) is 2.61. The van der Waals surface area contributed by atoms with Crippen LogP contribution in [0.2, 0.25) is 10.0 Å². The van der Waals surface area contributed by atoms with E-state index in [1.165, 1.54) is 18.2 Å². The molecule has 144 valence electrons. The Hall–Kier alpha value is -3.01. The van der Waals surface area contributed by atoms with Gasteiger partial charge in [0.1, 0.15) is 11.6 Å². The normalized spacial score (nSPS) is 10.9. The van der Waals surface area contributed by atoms with E-state index < -0.39 is 18.5 Å². The molecule has 0 aliphatic carbocycles. The van der Waals surface area contributed by atoms with Gasteiger partial charge >= 0.3 is 5.97 Å². The Labute approximate surface area is 171 Å². The van der Waals surface area contributed by atoms with Gasteiger partial charge in [0, 0.05) is 5.69 Å². The van der Waals surface area contributed by atoms with Crippen LogP contribution in [-0.2, 0) is 9.59 Å². The van der Waals surface area contributed by atoms with E-state index in [0.29, 0.717) is 11.3 Å². The molecule has 2 aromatic rings. The van der Waals surface area contributed by atoms with Crippen LogP contribution in [0.1, 0.15) is 16.7 Å². The van der Waals surface area contributed by atoms with Crippen LogP contribution in [-0.4, -0.2) is 23.6 Å². The van der Waals surface area contributed by atoms with E-state index in [9.17, 15) is 14.9 Å². The monoisotopic (exact) mass is 418 g/mol. The first kappa shape index (κ1) is 21.3. The first-order valence-electron chi connectivity index (χ1n) is 8.05. The number of aliphatic carboxylic acids is 1. The van der Waals surface area contributed by atoms with Crippen molar-refractivity contribution >= 4 is 46.8 Å². The number of carboxylic acids is 1. The highest BCUT2D eigenvalue weighted by atomic mass is 35.5. The predicted molar refractivity (Wildman–Crippen MR) is 108 cm³/mol. The fraction of sp³-hybridized carbons (Fsp3) is 0.150. The summed E-state index contributed by atoms with van der Waals surface area (Å²) in [5, 5.41) is 20.9. The molecule has 0 heterocycles. The summed E-state index contributed by atoms with van der Waals surface area (Å²) in [6, 6.07) is 10.2. The van der Waals surface area contributed by atoms with E-state index in [1.807, 2.05) is 32.0 Å². The van der Waals surface area contributed by atoms with Crippen molar-refractivity contribution in [1.29, 1.82) is 5.26 Å². The summed E-state index contributed by atoms with van der Waals surface area (Å²) in [6.45, 7) is 3.20. The second-order valence-corrected chi connectivity index (χ2v) is 6.75. The number of anilines is 1. The highest BCUT2D eigenvalue weighted by Gasteiger charge is 2.14. The second-order valence-electron chi connectivity index (χ2n) is 5.94. The van der Waals surface area contributed by atoms with E-state index in [4.69, 9.17) is 33.0 Å². The molecular weight excluding hydrogens is 403 g/mol. The number of amides is 1. The molecule has 0 unspecified atom stereocenters. The lowest BCUT2D eigenvalue weighted by Crippen LogP contribution is -2.14. The van der Waals surface area contributed by atoms with Gasteiger partial charge in [0.2, 0.25) is 0 Å². The fourth-order valence-corrected chi connectivity index (χ4v) is 3.01. The first-order chi connectivity index (χ1) is 13.2. The zero-order chi connectivity index (χ0) is 20.8. The summed E-state index contributed by atoms with van der Waals surface area (Å²) >= 11 is 12.1. The van der Waals surface area contributed by atoms with Crippen LogP contribution < -0.4 is 10.1 Å². The van der Waals surface area contributed by atoms with Crippen molar-refractivity contribution < 1.29 is 19.4 Å². The molecule has 6 nitrogen and oxygen atoms in total. The average molecular weight is 419 g/mol. The third-order valence-corrected chi connectivity index (χ3v) is 4.23. The standard InChI is InChI=1S/C20H16Cl2N2O4/c1-11-3-4-17(12(2)5-11)24-20(27)14(9-23)6-13-7-15(21)19(16(22)8-13)28-10-18(25)26/h3-8H,10H2,1-2H3,(H,24,27)(H,25,26)/b14-6+. The minimum Gasteiger partial charge on any atom is -0.479 e. The number of carbonyl (C=O) groups is 2. The minimum atomic E-state index is -1.18. The number of ether oxygens (including phenoxy) is 1. The molecule has 0 fully saturated rings. The summed E-state index contributed by atoms with van der Waals surface area (Å²) in [7, 11) is 0. The molecule has 1 amide bonds. The van der Waals surface area contributed by atoms with E-state index in [-0.39, 0.29) is 21.4 Å². The van der Waals surface area contributed by atoms with Crippen molar-refractivity contribution in [3.63, 3.8) is 0 Å². The number of halogens is 2. The Morgan fingerprint density at radius 3 is 2.39 bits per heavy atom. The molecule has 0 spiro atoms. The molecule has 0 radical (unpaired) electrons. The number of nitrogens with one attached hydrogen (secondary N) is 1. The van der Waals surface area contributed by atoms with Crippen molar-refractivity contribution in [3.05, 3.63) is 62.6 Å². The molecule has 0 atom stereocenters. The Morgan fingerprint density at radius 1 is 1.21 bits per heavy atom. The van der Waals surface area contributed by atoms with Crippen molar-refractivity contribution in [2.75, 3.05) is 11.9 Å². The molecule has 0 aliphatic heterocycles. The number of nitriles is 1. The largest absolute Gasteiger partial charge is 0.479 e. The van der Waals surface area contributed by atoms with Gasteiger partial charge < -0.3 is 15.2 Å². The quantitative estimate of drug-likeness (QED) is 0.526. The highest BCUT2D eigenvalue weighted by molar-refractivity contribution is 6.37. The number of aryl methyl sites for hydroxylation is 2. The van der Waals surface area contributed by atoms with Gasteiger partial charge in [-0.05, 0) is 49.2 Å². The molecule has 2 N–H and O–H groups in total. The molecule has 28 heavy (non-hydrogen) atoms. The molecule has 0 saturated carbocycles. The maximum atomic E-state index is 12.4. The van der Waals surface area contributed by atoms with Gasteiger partial charge in [-0.15, -0.1) is 0 Å². The molecule has 2 rings (SSSR count). The maximum absolute atomic E-state index is 12.4. The summed E-state index contributed by atoms with van der Waals surface area (Å²) in [5.74, 6) is -1.74. The SMILES string of the molecule is Cc1ccc(NC(=O)/C(C#N)=C/c2cc(Cl)c(OCC(=O)O)c(Cl)c2)c(C)c1. The number of carbonyl (C=O) groups excluding carboxylic acids is 1. The van der Waals surface area contributed by atoms with Crippen LogP contribution in [0, 0.1) is 25.2 Å².